The van der Waals surface area contributed by atoms with Crippen LogP contribution in [0.3, 0.4) is 0 Å². The van der Waals surface area contributed by atoms with Gasteiger partial charge in [0.25, 0.3) is 5.78 Å². The van der Waals surface area contributed by atoms with Crippen molar-refractivity contribution in [2.45, 2.75) is 12.7 Å². The number of benzene rings is 2. The first-order chi connectivity index (χ1) is 12.3. The molecule has 5 nitrogen and oxygen atoms in total. The van der Waals surface area contributed by atoms with Crippen LogP contribution < -0.4 is 5.32 Å². The Morgan fingerprint density at radius 1 is 1.12 bits per heavy atom. The first-order valence-electron chi connectivity index (χ1n) is 8.27. The molecule has 0 saturated carbocycles. The molecule has 0 radical (unpaired) electrons. The van der Waals surface area contributed by atoms with Gasteiger partial charge in [-0.3, -0.25) is 0 Å². The highest BCUT2D eigenvalue weighted by Gasteiger charge is 2.05. The average molecular weight is 349 g/mol. The highest BCUT2D eigenvalue weighted by Crippen LogP contribution is 2.22. The third-order valence-corrected chi connectivity index (χ3v) is 5.08. The molecule has 0 spiro atoms. The van der Waals surface area contributed by atoms with E-state index in [1.54, 1.807) is 4.52 Å². The van der Waals surface area contributed by atoms with E-state index in [1.807, 2.05) is 24.8 Å². The molecule has 0 amide bonds. The van der Waals surface area contributed by atoms with Crippen LogP contribution in [0.4, 0.5) is 5.82 Å². The lowest BCUT2D eigenvalue weighted by molar-refractivity contribution is 0.923. The topological polar surface area (TPSA) is 55.1 Å². The van der Waals surface area contributed by atoms with Crippen LogP contribution in [-0.4, -0.2) is 31.9 Å². The van der Waals surface area contributed by atoms with Crippen molar-refractivity contribution in [1.29, 1.82) is 0 Å². The van der Waals surface area contributed by atoms with Gasteiger partial charge in [0, 0.05) is 29.8 Å². The van der Waals surface area contributed by atoms with Gasteiger partial charge < -0.3 is 5.32 Å². The molecule has 0 aliphatic heterocycles. The molecule has 0 saturated heterocycles. The van der Waals surface area contributed by atoms with E-state index in [0.29, 0.717) is 5.78 Å². The Morgan fingerprint density at radius 2 is 2.00 bits per heavy atom. The molecule has 0 bridgehead atoms. The van der Waals surface area contributed by atoms with E-state index in [0.717, 1.165) is 29.6 Å². The first-order valence-corrected chi connectivity index (χ1v) is 9.42. The summed E-state index contributed by atoms with van der Waals surface area (Å²) in [5.74, 6) is 3.59. The summed E-state index contributed by atoms with van der Waals surface area (Å²) in [7, 11) is 0. The number of aryl methyl sites for hydroxylation is 1. The second-order valence-corrected chi connectivity index (χ2v) is 6.98. The van der Waals surface area contributed by atoms with Gasteiger partial charge in [-0.25, -0.2) is 4.98 Å². The number of aromatic nitrogens is 4. The summed E-state index contributed by atoms with van der Waals surface area (Å²) in [5.41, 5.74) is 2.33. The van der Waals surface area contributed by atoms with E-state index in [4.69, 9.17) is 0 Å². The Labute approximate surface area is 150 Å². The van der Waals surface area contributed by atoms with Crippen molar-refractivity contribution in [2.75, 3.05) is 17.6 Å². The van der Waals surface area contributed by atoms with Crippen LogP contribution in [0.15, 0.2) is 54.9 Å². The minimum atomic E-state index is 0.630. The second kappa shape index (κ2) is 7.11. The number of hydrogen-bond donors (Lipinski definition) is 1. The Balaban J connectivity index is 1.36. The summed E-state index contributed by atoms with van der Waals surface area (Å²) >= 11 is 1.93. The molecule has 2 heterocycles. The van der Waals surface area contributed by atoms with Crippen molar-refractivity contribution < 1.29 is 0 Å². The first kappa shape index (κ1) is 15.9. The van der Waals surface area contributed by atoms with Crippen LogP contribution in [0, 0.1) is 6.92 Å². The molecule has 4 aromatic rings. The summed E-state index contributed by atoms with van der Waals surface area (Å²) in [4.78, 5) is 8.50. The van der Waals surface area contributed by atoms with E-state index < -0.39 is 0 Å². The molecular weight excluding hydrogens is 330 g/mol. The number of anilines is 1. The molecule has 126 valence electrons. The molecule has 0 fully saturated rings. The highest BCUT2D eigenvalue weighted by molar-refractivity contribution is 7.98. The van der Waals surface area contributed by atoms with E-state index in [2.05, 4.69) is 62.8 Å². The monoisotopic (exact) mass is 349 g/mol. The van der Waals surface area contributed by atoms with Crippen LogP contribution in [0.2, 0.25) is 0 Å². The summed E-state index contributed by atoms with van der Waals surface area (Å²) in [5, 5.41) is 10.3. The number of rotatable bonds is 6. The molecule has 1 N–H and O–H groups in total. The van der Waals surface area contributed by atoms with Crippen LogP contribution in [0.1, 0.15) is 11.3 Å². The third-order valence-electron chi connectivity index (χ3n) is 4.07. The van der Waals surface area contributed by atoms with Crippen molar-refractivity contribution in [3.63, 3.8) is 0 Å². The van der Waals surface area contributed by atoms with E-state index in [-0.39, 0.29) is 0 Å². The third kappa shape index (κ3) is 3.44. The molecule has 6 heteroatoms. The van der Waals surface area contributed by atoms with Gasteiger partial charge >= 0.3 is 0 Å². The Bertz CT molecular complexity index is 1010. The molecule has 0 unspecified atom stereocenters. The van der Waals surface area contributed by atoms with Gasteiger partial charge in [-0.1, -0.05) is 42.5 Å². The molecule has 0 aliphatic carbocycles. The minimum Gasteiger partial charge on any atom is -0.369 e. The second-order valence-electron chi connectivity index (χ2n) is 5.87. The summed E-state index contributed by atoms with van der Waals surface area (Å²) in [6.45, 7) is 2.84. The molecule has 0 aliphatic rings. The zero-order valence-electron chi connectivity index (χ0n) is 14.0. The van der Waals surface area contributed by atoms with Crippen LogP contribution in [-0.2, 0) is 5.75 Å². The number of fused-ring (bicyclic) bond motifs is 2. The van der Waals surface area contributed by atoms with Gasteiger partial charge in [0.2, 0.25) is 0 Å². The zero-order valence-corrected chi connectivity index (χ0v) is 14.8. The summed E-state index contributed by atoms with van der Waals surface area (Å²) in [6, 6.07) is 17.1. The molecule has 25 heavy (non-hydrogen) atoms. The number of thioether (sulfide) groups is 1. The summed E-state index contributed by atoms with van der Waals surface area (Å²) in [6.07, 6.45) is 1.53. The maximum atomic E-state index is 4.35. The van der Waals surface area contributed by atoms with Crippen molar-refractivity contribution in [3.8, 4) is 0 Å². The standard InChI is InChI=1S/C19H19N5S/c1-14-11-18(24-19(23-14)21-13-22-24)20-9-10-25-12-16-7-4-6-15-5-2-3-8-17(15)16/h2-8,11,13,20H,9-10,12H2,1H3. The van der Waals surface area contributed by atoms with Gasteiger partial charge in [-0.15, -0.1) is 0 Å². The van der Waals surface area contributed by atoms with Gasteiger partial charge in [0.15, 0.2) is 0 Å². The van der Waals surface area contributed by atoms with Gasteiger partial charge in [0.1, 0.15) is 12.1 Å². The Kier molecular flexibility index (Phi) is 4.52. The molecule has 4 rings (SSSR count). The Morgan fingerprint density at radius 3 is 2.96 bits per heavy atom. The van der Waals surface area contributed by atoms with Crippen molar-refractivity contribution in [2.24, 2.45) is 0 Å². The number of nitrogens with zero attached hydrogens (tertiary/aromatic N) is 4. The van der Waals surface area contributed by atoms with Crippen molar-refractivity contribution >= 4 is 34.1 Å². The maximum Gasteiger partial charge on any atom is 0.254 e. The van der Waals surface area contributed by atoms with E-state index in [9.17, 15) is 0 Å². The van der Waals surface area contributed by atoms with Gasteiger partial charge in [-0.2, -0.15) is 26.4 Å². The lowest BCUT2D eigenvalue weighted by Crippen LogP contribution is -2.10. The van der Waals surface area contributed by atoms with Crippen LogP contribution in [0.25, 0.3) is 16.6 Å². The van der Waals surface area contributed by atoms with E-state index in [1.165, 1.54) is 22.7 Å². The van der Waals surface area contributed by atoms with Crippen LogP contribution >= 0.6 is 11.8 Å². The molecular formula is C19H19N5S. The minimum absolute atomic E-state index is 0.630. The number of nitrogens with one attached hydrogen (secondary N) is 1. The van der Waals surface area contributed by atoms with Crippen molar-refractivity contribution in [3.05, 3.63) is 66.1 Å². The SMILES string of the molecule is Cc1cc(NCCSCc2cccc3ccccc23)n2ncnc2n1. The quantitative estimate of drug-likeness (QED) is 0.535. The summed E-state index contributed by atoms with van der Waals surface area (Å²) < 4.78 is 1.74. The predicted molar refractivity (Wildman–Crippen MR) is 104 cm³/mol. The van der Waals surface area contributed by atoms with Gasteiger partial charge in [0.05, 0.1) is 0 Å². The fraction of sp³-hybridized carbons (Fsp3) is 0.211. The largest absolute Gasteiger partial charge is 0.369 e. The predicted octanol–water partition coefficient (Wildman–Crippen LogP) is 3.93. The number of hydrogen-bond acceptors (Lipinski definition) is 5. The van der Waals surface area contributed by atoms with Gasteiger partial charge in [-0.05, 0) is 23.3 Å². The lowest BCUT2D eigenvalue weighted by Gasteiger charge is -2.09. The fourth-order valence-electron chi connectivity index (χ4n) is 2.91. The lowest BCUT2D eigenvalue weighted by atomic mass is 10.1. The molecule has 2 aromatic heterocycles. The Hall–Kier alpha value is -2.60. The van der Waals surface area contributed by atoms with Crippen molar-refractivity contribution in [1.82, 2.24) is 19.6 Å². The highest BCUT2D eigenvalue weighted by atomic mass is 32.2. The molecule has 2 aromatic carbocycles. The fourth-order valence-corrected chi connectivity index (χ4v) is 3.77. The normalized spacial score (nSPS) is 11.2. The molecule has 0 atom stereocenters. The van der Waals surface area contributed by atoms with Crippen LogP contribution in [0.5, 0.6) is 0 Å². The zero-order chi connectivity index (χ0) is 17.1. The smallest absolute Gasteiger partial charge is 0.254 e. The van der Waals surface area contributed by atoms with E-state index >= 15 is 0 Å². The average Bonchev–Trinajstić information content (AvgIpc) is 3.10. The maximum absolute atomic E-state index is 4.35.